The third kappa shape index (κ3) is 8.27. The van der Waals surface area contributed by atoms with Gasteiger partial charge >= 0.3 is 17.9 Å². The van der Waals surface area contributed by atoms with E-state index in [2.05, 4.69) is 80.5 Å². The molecule has 0 aliphatic carbocycles. The fraction of sp³-hybridized carbons (Fsp3) is 0.0909. The molecule has 228 valence electrons. The molecule has 0 spiro atoms. The van der Waals surface area contributed by atoms with Crippen molar-refractivity contribution >= 4 is 98.4 Å². The molecule has 0 saturated carbocycles. The van der Waals surface area contributed by atoms with Crippen molar-refractivity contribution in [1.82, 2.24) is 15.0 Å². The summed E-state index contributed by atoms with van der Waals surface area (Å²) in [6.45, 7) is 4.04. The lowest BCUT2D eigenvalue weighted by Gasteiger charge is -2.05. The van der Waals surface area contributed by atoms with Crippen molar-refractivity contribution in [3.05, 3.63) is 120 Å². The maximum atomic E-state index is 11.4. The van der Waals surface area contributed by atoms with E-state index in [0.717, 1.165) is 37.0 Å². The summed E-state index contributed by atoms with van der Waals surface area (Å²) in [5.41, 5.74) is 4.43. The van der Waals surface area contributed by atoms with Crippen molar-refractivity contribution in [2.24, 2.45) is 0 Å². The molecule has 45 heavy (non-hydrogen) atoms. The van der Waals surface area contributed by atoms with Crippen molar-refractivity contribution in [3.8, 4) is 0 Å². The van der Waals surface area contributed by atoms with Gasteiger partial charge in [0.25, 0.3) is 0 Å². The Morgan fingerprint density at radius 3 is 1.69 bits per heavy atom. The molecule has 0 radical (unpaired) electrons. The molecule has 0 saturated heterocycles. The van der Waals surface area contributed by atoms with E-state index in [1.165, 1.54) is 18.1 Å². The van der Waals surface area contributed by atoms with Gasteiger partial charge in [-0.15, -0.1) is 0 Å². The van der Waals surface area contributed by atoms with Gasteiger partial charge in [-0.3, -0.25) is 4.98 Å². The molecule has 0 fully saturated rings. The number of ether oxygens (including phenoxy) is 1. The number of carboxylic acids is 2. The summed E-state index contributed by atoms with van der Waals surface area (Å²) in [6.07, 6.45) is 1.84. The van der Waals surface area contributed by atoms with E-state index in [4.69, 9.17) is 10.2 Å². The van der Waals surface area contributed by atoms with Gasteiger partial charge in [0.05, 0.1) is 29.2 Å². The number of aromatic nitrogens is 3. The van der Waals surface area contributed by atoms with Crippen LogP contribution in [-0.4, -0.2) is 50.2 Å². The number of fused-ring (bicyclic) bond motifs is 3. The van der Waals surface area contributed by atoms with Crippen molar-refractivity contribution in [2.45, 2.75) is 13.8 Å². The third-order valence-electron chi connectivity index (χ3n) is 6.52. The normalized spacial score (nSPS) is 10.4. The van der Waals surface area contributed by atoms with Crippen molar-refractivity contribution < 1.29 is 29.3 Å². The number of esters is 1. The number of nitrogens with zero attached hydrogens (tertiary/aromatic N) is 3. The molecule has 0 aliphatic rings. The second kappa shape index (κ2) is 14.7. The summed E-state index contributed by atoms with van der Waals surface area (Å²) in [5, 5.41) is 20.5. The minimum absolute atomic E-state index is 0.0695. The fourth-order valence-corrected chi connectivity index (χ4v) is 5.38. The number of hydrogen-bond donors (Lipinski definition) is 2. The highest BCUT2D eigenvalue weighted by Gasteiger charge is 2.15. The smallest absolute Gasteiger partial charge is 0.356 e. The lowest BCUT2D eigenvalue weighted by molar-refractivity contribution is 0.0592. The zero-order chi connectivity index (χ0) is 32.8. The van der Waals surface area contributed by atoms with Crippen LogP contribution in [0.15, 0.2) is 92.4 Å². The van der Waals surface area contributed by atoms with Crippen LogP contribution >= 0.6 is 47.8 Å². The van der Waals surface area contributed by atoms with Crippen LogP contribution in [0, 0.1) is 13.8 Å². The zero-order valence-corrected chi connectivity index (χ0v) is 28.8. The SMILES string of the molecule is COC(=O)c1cc(C)c2ccc(Br)cc2n1.Cc1ccnc2cc(Br)ccc12.O=C(O)c1cc(C(=O)O)c2ccc(Br)cc2n1. The maximum absolute atomic E-state index is 11.4. The van der Waals surface area contributed by atoms with Crippen LogP contribution in [0.1, 0.15) is 42.5 Å². The molecule has 0 atom stereocenters. The zero-order valence-electron chi connectivity index (χ0n) is 24.0. The Morgan fingerprint density at radius 2 is 1.13 bits per heavy atom. The minimum atomic E-state index is -1.26. The number of benzene rings is 3. The number of carbonyl (C=O) groups excluding carboxylic acids is 1. The fourth-order valence-electron chi connectivity index (χ4n) is 4.34. The summed E-state index contributed by atoms with van der Waals surface area (Å²) in [5.74, 6) is -2.85. The molecular formula is C33H24Br3N3O6. The van der Waals surface area contributed by atoms with Gasteiger partial charge in [-0.1, -0.05) is 66.0 Å². The van der Waals surface area contributed by atoms with Crippen LogP contribution < -0.4 is 0 Å². The molecule has 0 bridgehead atoms. The molecule has 3 aromatic heterocycles. The van der Waals surface area contributed by atoms with E-state index >= 15 is 0 Å². The summed E-state index contributed by atoms with van der Waals surface area (Å²) >= 11 is 10.0. The van der Waals surface area contributed by atoms with E-state index in [-0.39, 0.29) is 11.3 Å². The van der Waals surface area contributed by atoms with Crippen molar-refractivity contribution in [3.63, 3.8) is 0 Å². The average molecular weight is 798 g/mol. The first-order valence-corrected chi connectivity index (χ1v) is 15.5. The molecule has 9 nitrogen and oxygen atoms in total. The molecule has 6 rings (SSSR count). The van der Waals surface area contributed by atoms with Gasteiger partial charge in [-0.25, -0.2) is 24.4 Å². The van der Waals surface area contributed by atoms with E-state index in [1.54, 1.807) is 24.3 Å². The number of hydrogen-bond acceptors (Lipinski definition) is 7. The van der Waals surface area contributed by atoms with E-state index in [0.29, 0.717) is 21.1 Å². The van der Waals surface area contributed by atoms with Crippen LogP contribution in [-0.2, 0) is 4.74 Å². The molecule has 3 aromatic carbocycles. The second-order valence-electron chi connectivity index (χ2n) is 9.59. The van der Waals surface area contributed by atoms with Crippen LogP contribution in [0.5, 0.6) is 0 Å². The number of pyridine rings is 3. The summed E-state index contributed by atoms with van der Waals surface area (Å²) in [6, 6.07) is 21.6. The molecule has 3 heterocycles. The van der Waals surface area contributed by atoms with E-state index in [9.17, 15) is 14.4 Å². The Kier molecular flexibility index (Phi) is 11.0. The number of aromatic carboxylic acids is 2. The summed E-state index contributed by atoms with van der Waals surface area (Å²) in [4.78, 5) is 45.7. The van der Waals surface area contributed by atoms with Crippen LogP contribution in [0.3, 0.4) is 0 Å². The first-order chi connectivity index (χ1) is 21.4. The lowest BCUT2D eigenvalue weighted by atomic mass is 10.1. The van der Waals surface area contributed by atoms with Crippen LogP contribution in [0.4, 0.5) is 0 Å². The molecule has 0 amide bonds. The Balaban J connectivity index is 0.000000156. The first-order valence-electron chi connectivity index (χ1n) is 13.1. The van der Waals surface area contributed by atoms with Gasteiger partial charge < -0.3 is 14.9 Å². The largest absolute Gasteiger partial charge is 0.478 e. The Morgan fingerprint density at radius 1 is 0.622 bits per heavy atom. The Bertz CT molecular complexity index is 2100. The molecule has 0 unspecified atom stereocenters. The number of carbonyl (C=O) groups is 3. The summed E-state index contributed by atoms with van der Waals surface area (Å²) in [7, 11) is 1.35. The van der Waals surface area contributed by atoms with E-state index in [1.807, 2.05) is 49.5 Å². The van der Waals surface area contributed by atoms with Gasteiger partial charge in [-0.05, 0) is 79.6 Å². The number of methoxy groups -OCH3 is 1. The Labute approximate surface area is 282 Å². The standard InChI is InChI=1S/C12H10BrNO2.C11H6BrNO4.C10H8BrN/c1-7-5-11(12(15)16-2)14-10-6-8(13)3-4-9(7)10;12-5-1-2-6-7(10(14)15)4-9(11(16)17)13-8(6)3-5;1-7-4-5-12-10-6-8(11)2-3-9(7)10/h3-6H,1-2H3;1-4H,(H,14,15)(H,16,17);2-6H,1H3. The van der Waals surface area contributed by atoms with Gasteiger partial charge in [0.2, 0.25) is 0 Å². The summed E-state index contributed by atoms with van der Waals surface area (Å²) < 4.78 is 7.38. The quantitative estimate of drug-likeness (QED) is 0.168. The van der Waals surface area contributed by atoms with Gasteiger partial charge in [0.15, 0.2) is 0 Å². The molecular weight excluding hydrogens is 774 g/mol. The molecule has 6 aromatic rings. The average Bonchev–Trinajstić information content (AvgIpc) is 3.00. The Hall–Kier alpha value is -4.26. The maximum Gasteiger partial charge on any atom is 0.356 e. The second-order valence-corrected chi connectivity index (χ2v) is 12.3. The molecule has 12 heteroatoms. The highest BCUT2D eigenvalue weighted by Crippen LogP contribution is 2.24. The third-order valence-corrected chi connectivity index (χ3v) is 8.00. The van der Waals surface area contributed by atoms with Crippen molar-refractivity contribution in [2.75, 3.05) is 7.11 Å². The van der Waals surface area contributed by atoms with Gasteiger partial charge in [0.1, 0.15) is 11.4 Å². The number of rotatable bonds is 3. The van der Waals surface area contributed by atoms with Crippen molar-refractivity contribution in [1.29, 1.82) is 0 Å². The number of aryl methyl sites for hydroxylation is 2. The topological polar surface area (TPSA) is 140 Å². The predicted octanol–water partition coefficient (Wildman–Crippen LogP) is 8.79. The minimum Gasteiger partial charge on any atom is -0.478 e. The first kappa shape index (κ1) is 33.6. The lowest BCUT2D eigenvalue weighted by Crippen LogP contribution is -2.06. The van der Waals surface area contributed by atoms with Gasteiger partial charge in [-0.2, -0.15) is 0 Å². The number of halogens is 3. The number of carboxylic acid groups (broad SMARTS) is 2. The van der Waals surface area contributed by atoms with Gasteiger partial charge in [0, 0.05) is 35.8 Å². The highest BCUT2D eigenvalue weighted by molar-refractivity contribution is 9.11. The van der Waals surface area contributed by atoms with E-state index < -0.39 is 17.9 Å². The van der Waals surface area contributed by atoms with Crippen LogP contribution in [0.25, 0.3) is 32.7 Å². The monoisotopic (exact) mass is 795 g/mol. The van der Waals surface area contributed by atoms with Crippen LogP contribution in [0.2, 0.25) is 0 Å². The predicted molar refractivity (Wildman–Crippen MR) is 183 cm³/mol. The molecule has 2 N–H and O–H groups in total. The highest BCUT2D eigenvalue weighted by atomic mass is 79.9. The molecule has 0 aliphatic heterocycles.